The number of fused-ring (bicyclic) bond motifs is 1. The van der Waals surface area contributed by atoms with Crippen molar-refractivity contribution in [3.8, 4) is 0 Å². The van der Waals surface area contributed by atoms with Crippen LogP contribution in [0.3, 0.4) is 0 Å². The quantitative estimate of drug-likeness (QED) is 0.479. The van der Waals surface area contributed by atoms with Crippen molar-refractivity contribution in [3.05, 3.63) is 0 Å². The molecule has 0 bridgehead atoms. The Bertz CT molecular complexity index is 120. The fraction of sp³-hybridized carbons (Fsp3) is 0.833. The largest absolute Gasteiger partial charge is 0.362 e. The predicted octanol–water partition coefficient (Wildman–Crippen LogP) is 0.416. The minimum Gasteiger partial charge on any atom is -0.362 e. The van der Waals surface area contributed by atoms with Crippen LogP contribution in [0, 0.1) is 0 Å². The zero-order chi connectivity index (χ0) is 5.40. The third-order valence-corrected chi connectivity index (χ3v) is 1.96. The molecule has 1 heterocycles. The molecule has 1 aliphatic heterocycles. The maximum absolute atomic E-state index is 4.14. The molecule has 2 aliphatic rings. The van der Waals surface area contributed by atoms with Crippen LogP contribution in [0.1, 0.15) is 19.3 Å². The first-order valence-corrected chi connectivity index (χ1v) is 3.17. The highest BCUT2D eigenvalue weighted by atomic mass is 15.1. The summed E-state index contributed by atoms with van der Waals surface area (Å²) in [7, 11) is 0. The van der Waals surface area contributed by atoms with Crippen LogP contribution >= 0.6 is 0 Å². The molecule has 2 atom stereocenters. The molecule has 1 N–H and O–H groups in total. The number of nitrogens with one attached hydrogen (secondary N) is 1. The number of rotatable bonds is 0. The predicted molar refractivity (Wildman–Crippen MR) is 32.0 cm³/mol. The molecule has 0 saturated heterocycles. The van der Waals surface area contributed by atoms with Crippen molar-refractivity contribution in [3.63, 3.8) is 0 Å². The molecule has 0 aromatic rings. The molecule has 2 unspecified atom stereocenters. The van der Waals surface area contributed by atoms with Crippen LogP contribution in [0.2, 0.25) is 0 Å². The van der Waals surface area contributed by atoms with E-state index in [-0.39, 0.29) is 0 Å². The summed E-state index contributed by atoms with van der Waals surface area (Å²) in [5.74, 6) is 0. The van der Waals surface area contributed by atoms with Gasteiger partial charge in [0.25, 0.3) is 0 Å². The van der Waals surface area contributed by atoms with Gasteiger partial charge in [-0.1, -0.05) is 0 Å². The highest BCUT2D eigenvalue weighted by Crippen LogP contribution is 2.23. The lowest BCUT2D eigenvalue weighted by atomic mass is 10.2. The standard InChI is InChI=1S/C6H9N2/c1-2-5-6(3-1)8-4-7-5/h5-6H,1-3H2,(H,7,8). The third-order valence-electron chi connectivity index (χ3n) is 1.96. The van der Waals surface area contributed by atoms with E-state index in [2.05, 4.69) is 16.6 Å². The lowest BCUT2D eigenvalue weighted by Gasteiger charge is -2.04. The van der Waals surface area contributed by atoms with Crippen molar-refractivity contribution in [2.24, 2.45) is 4.99 Å². The van der Waals surface area contributed by atoms with Crippen LogP contribution in [0.25, 0.3) is 0 Å². The third kappa shape index (κ3) is 0.457. The van der Waals surface area contributed by atoms with E-state index in [4.69, 9.17) is 0 Å². The molecule has 2 heteroatoms. The number of aliphatic imine (C=N–C) groups is 1. The first kappa shape index (κ1) is 4.36. The topological polar surface area (TPSA) is 24.4 Å². The first-order chi connectivity index (χ1) is 3.97. The van der Waals surface area contributed by atoms with E-state index in [0.29, 0.717) is 12.1 Å². The summed E-state index contributed by atoms with van der Waals surface area (Å²) in [4.78, 5) is 4.14. The summed E-state index contributed by atoms with van der Waals surface area (Å²) >= 11 is 0. The van der Waals surface area contributed by atoms with Gasteiger partial charge in [-0.25, -0.2) is 0 Å². The molecule has 2 rings (SSSR count). The molecule has 43 valence electrons. The highest BCUT2D eigenvalue weighted by Gasteiger charge is 2.28. The van der Waals surface area contributed by atoms with Crippen molar-refractivity contribution in [2.75, 3.05) is 0 Å². The summed E-state index contributed by atoms with van der Waals surface area (Å²) in [6, 6.07) is 1.23. The number of nitrogens with zero attached hydrogens (tertiary/aromatic N) is 1. The van der Waals surface area contributed by atoms with Gasteiger partial charge in [0, 0.05) is 0 Å². The number of hydrogen-bond acceptors (Lipinski definition) is 2. The van der Waals surface area contributed by atoms with Gasteiger partial charge >= 0.3 is 0 Å². The normalized spacial score (nSPS) is 42.0. The molecule has 0 amide bonds. The van der Waals surface area contributed by atoms with Gasteiger partial charge in [-0.3, -0.25) is 4.99 Å². The van der Waals surface area contributed by atoms with Crippen molar-refractivity contribution in [1.29, 1.82) is 0 Å². The lowest BCUT2D eigenvalue weighted by Crippen LogP contribution is -2.25. The minimum atomic E-state index is 0.579. The molecule has 0 aromatic heterocycles. The summed E-state index contributed by atoms with van der Waals surface area (Å²) in [6.45, 7) is 0. The second-order valence-electron chi connectivity index (χ2n) is 2.49. The molecular formula is C6H9N2. The second-order valence-corrected chi connectivity index (χ2v) is 2.49. The van der Waals surface area contributed by atoms with Crippen LogP contribution in [-0.4, -0.2) is 18.4 Å². The van der Waals surface area contributed by atoms with E-state index in [1.807, 2.05) is 0 Å². The van der Waals surface area contributed by atoms with E-state index in [1.165, 1.54) is 19.3 Å². The summed E-state index contributed by atoms with van der Waals surface area (Å²) in [5.41, 5.74) is 0. The minimum absolute atomic E-state index is 0.579. The van der Waals surface area contributed by atoms with Crippen LogP contribution in [0.15, 0.2) is 4.99 Å². The molecule has 1 fully saturated rings. The molecule has 0 aromatic carbocycles. The average Bonchev–Trinajstić information content (AvgIpc) is 2.15. The molecule has 2 nitrogen and oxygen atoms in total. The van der Waals surface area contributed by atoms with Gasteiger partial charge in [-0.05, 0) is 19.3 Å². The van der Waals surface area contributed by atoms with E-state index >= 15 is 0 Å². The Morgan fingerprint density at radius 1 is 1.50 bits per heavy atom. The van der Waals surface area contributed by atoms with E-state index in [0.717, 1.165) is 0 Å². The Balaban J connectivity index is 2.13. The fourth-order valence-corrected chi connectivity index (χ4v) is 1.47. The molecule has 1 saturated carbocycles. The van der Waals surface area contributed by atoms with Gasteiger partial charge in [0.05, 0.1) is 12.1 Å². The highest BCUT2D eigenvalue weighted by molar-refractivity contribution is 5.58. The zero-order valence-corrected chi connectivity index (χ0v) is 4.72. The van der Waals surface area contributed by atoms with Gasteiger partial charge in [0.15, 0.2) is 6.34 Å². The maximum Gasteiger partial charge on any atom is 0.164 e. The Morgan fingerprint density at radius 2 is 2.50 bits per heavy atom. The zero-order valence-electron chi connectivity index (χ0n) is 4.72. The van der Waals surface area contributed by atoms with Gasteiger partial charge < -0.3 is 5.32 Å². The average molecular weight is 109 g/mol. The van der Waals surface area contributed by atoms with Gasteiger partial charge in [-0.15, -0.1) is 0 Å². The van der Waals surface area contributed by atoms with Crippen LogP contribution < -0.4 is 5.32 Å². The van der Waals surface area contributed by atoms with Crippen molar-refractivity contribution in [1.82, 2.24) is 5.32 Å². The Hall–Kier alpha value is -0.530. The summed E-state index contributed by atoms with van der Waals surface area (Å²) in [5, 5.41) is 3.10. The second kappa shape index (κ2) is 1.47. The molecular weight excluding hydrogens is 100 g/mol. The van der Waals surface area contributed by atoms with Gasteiger partial charge in [0.1, 0.15) is 0 Å². The lowest BCUT2D eigenvalue weighted by molar-refractivity contribution is 0.601. The SMILES string of the molecule is [C]1=NC2CCCC2N1. The molecule has 1 aliphatic carbocycles. The van der Waals surface area contributed by atoms with E-state index in [1.54, 1.807) is 0 Å². The smallest absolute Gasteiger partial charge is 0.164 e. The monoisotopic (exact) mass is 109 g/mol. The Morgan fingerprint density at radius 3 is 3.38 bits per heavy atom. The van der Waals surface area contributed by atoms with E-state index < -0.39 is 0 Å². The summed E-state index contributed by atoms with van der Waals surface area (Å²) < 4.78 is 0. The van der Waals surface area contributed by atoms with Gasteiger partial charge in [0.2, 0.25) is 0 Å². The van der Waals surface area contributed by atoms with Crippen molar-refractivity contribution >= 4 is 6.34 Å². The Kier molecular flexibility index (Phi) is 0.802. The molecule has 1 radical (unpaired) electrons. The fourth-order valence-electron chi connectivity index (χ4n) is 1.47. The Labute approximate surface area is 49.0 Å². The van der Waals surface area contributed by atoms with Gasteiger partial charge in [-0.2, -0.15) is 0 Å². The maximum atomic E-state index is 4.14. The van der Waals surface area contributed by atoms with Crippen molar-refractivity contribution in [2.45, 2.75) is 31.3 Å². The van der Waals surface area contributed by atoms with Crippen LogP contribution in [0.4, 0.5) is 0 Å². The van der Waals surface area contributed by atoms with Crippen LogP contribution in [0.5, 0.6) is 0 Å². The molecule has 8 heavy (non-hydrogen) atoms. The van der Waals surface area contributed by atoms with Crippen LogP contribution in [-0.2, 0) is 0 Å². The van der Waals surface area contributed by atoms with E-state index in [9.17, 15) is 0 Å². The molecule has 0 spiro atoms. The van der Waals surface area contributed by atoms with Crippen molar-refractivity contribution < 1.29 is 0 Å². The first-order valence-electron chi connectivity index (χ1n) is 3.17. The summed E-state index contributed by atoms with van der Waals surface area (Å²) in [6.07, 6.45) is 6.70. The number of hydrogen-bond donors (Lipinski definition) is 1.